The van der Waals surface area contributed by atoms with Gasteiger partial charge in [0.15, 0.2) is 0 Å². The topological polar surface area (TPSA) is 65.4 Å². The summed E-state index contributed by atoms with van der Waals surface area (Å²) in [5, 5.41) is 3.66. The molecule has 0 bridgehead atoms. The third-order valence-electron chi connectivity index (χ3n) is 5.33. The third kappa shape index (κ3) is 5.84. The molecule has 1 amide bonds. The number of amides is 1. The van der Waals surface area contributed by atoms with E-state index in [-0.39, 0.29) is 5.91 Å². The van der Waals surface area contributed by atoms with Crippen molar-refractivity contribution < 1.29 is 14.3 Å². The Bertz CT molecular complexity index is 1220. The molecular formula is C26H26ClN3O3. The van der Waals surface area contributed by atoms with Crippen LogP contribution in [0.1, 0.15) is 22.6 Å². The van der Waals surface area contributed by atoms with Gasteiger partial charge in [-0.2, -0.15) is 0 Å². The van der Waals surface area contributed by atoms with E-state index in [2.05, 4.69) is 16.0 Å². The minimum absolute atomic E-state index is 0.112. The Morgan fingerprint density at radius 1 is 1.03 bits per heavy atom. The van der Waals surface area contributed by atoms with Crippen molar-refractivity contribution >= 4 is 28.5 Å². The number of imidazole rings is 1. The highest BCUT2D eigenvalue weighted by Crippen LogP contribution is 2.19. The highest BCUT2D eigenvalue weighted by Gasteiger charge is 2.11. The van der Waals surface area contributed by atoms with E-state index >= 15 is 0 Å². The molecule has 33 heavy (non-hydrogen) atoms. The zero-order chi connectivity index (χ0) is 23.0. The fourth-order valence-corrected chi connectivity index (χ4v) is 3.79. The molecule has 0 saturated carbocycles. The Hall–Kier alpha value is -3.51. The van der Waals surface area contributed by atoms with Crippen molar-refractivity contribution in [3.05, 3.63) is 89.2 Å². The molecule has 4 aromatic rings. The first-order valence-electron chi connectivity index (χ1n) is 10.9. The number of rotatable bonds is 10. The Balaban J connectivity index is 1.35. The van der Waals surface area contributed by atoms with Gasteiger partial charge >= 0.3 is 0 Å². The smallest absolute Gasteiger partial charge is 0.251 e. The number of nitrogens with one attached hydrogen (secondary N) is 1. The van der Waals surface area contributed by atoms with Gasteiger partial charge in [-0.25, -0.2) is 4.98 Å². The summed E-state index contributed by atoms with van der Waals surface area (Å²) in [6.07, 6.45) is 1.52. The molecule has 4 rings (SSSR count). The maximum atomic E-state index is 12.4. The van der Waals surface area contributed by atoms with Gasteiger partial charge in [0.05, 0.1) is 24.7 Å². The summed E-state index contributed by atoms with van der Waals surface area (Å²) in [7, 11) is 1.59. The molecule has 1 heterocycles. The maximum absolute atomic E-state index is 12.4. The molecule has 3 aromatic carbocycles. The standard InChI is InChI=1S/C26H26ClN3O3/c1-32-22-7-4-6-19(18-22)26(31)28-15-5-10-25-29-23-8-2-3-9-24(23)30(25)16-17-33-21-13-11-20(27)12-14-21/h2-4,6-9,11-14,18H,5,10,15-17H2,1H3,(H,28,31). The number of halogens is 1. The molecule has 0 unspecified atom stereocenters. The van der Waals surface area contributed by atoms with Crippen LogP contribution in [-0.4, -0.2) is 35.7 Å². The molecule has 1 N–H and O–H groups in total. The summed E-state index contributed by atoms with van der Waals surface area (Å²) in [5.41, 5.74) is 2.62. The molecular weight excluding hydrogens is 438 g/mol. The van der Waals surface area contributed by atoms with E-state index < -0.39 is 0 Å². The van der Waals surface area contributed by atoms with Gasteiger partial charge in [-0.3, -0.25) is 4.79 Å². The van der Waals surface area contributed by atoms with Crippen molar-refractivity contribution in [2.45, 2.75) is 19.4 Å². The van der Waals surface area contributed by atoms with Crippen LogP contribution in [-0.2, 0) is 13.0 Å². The second-order valence-corrected chi connectivity index (χ2v) is 8.00. The van der Waals surface area contributed by atoms with Crippen LogP contribution < -0.4 is 14.8 Å². The second kappa shape index (κ2) is 10.9. The third-order valence-corrected chi connectivity index (χ3v) is 5.58. The first-order chi connectivity index (χ1) is 16.1. The Morgan fingerprint density at radius 2 is 1.85 bits per heavy atom. The molecule has 170 valence electrons. The summed E-state index contributed by atoms with van der Waals surface area (Å²) in [4.78, 5) is 17.2. The molecule has 0 radical (unpaired) electrons. The van der Waals surface area contributed by atoms with E-state index in [9.17, 15) is 4.79 Å². The van der Waals surface area contributed by atoms with Crippen molar-refractivity contribution in [2.75, 3.05) is 20.3 Å². The van der Waals surface area contributed by atoms with Gasteiger partial charge in [0, 0.05) is 23.6 Å². The number of ether oxygens (including phenoxy) is 2. The van der Waals surface area contributed by atoms with Crippen molar-refractivity contribution in [2.24, 2.45) is 0 Å². The number of benzene rings is 3. The van der Waals surface area contributed by atoms with Crippen LogP contribution in [0.5, 0.6) is 11.5 Å². The minimum Gasteiger partial charge on any atom is -0.497 e. The van der Waals surface area contributed by atoms with Gasteiger partial charge < -0.3 is 19.4 Å². The lowest BCUT2D eigenvalue weighted by atomic mass is 10.2. The van der Waals surface area contributed by atoms with Gasteiger partial charge in [-0.05, 0) is 61.0 Å². The van der Waals surface area contributed by atoms with E-state index in [1.807, 2.05) is 54.6 Å². The van der Waals surface area contributed by atoms with Gasteiger partial charge in [0.2, 0.25) is 0 Å². The summed E-state index contributed by atoms with van der Waals surface area (Å²) >= 11 is 5.94. The van der Waals surface area contributed by atoms with E-state index in [4.69, 9.17) is 26.1 Å². The summed E-state index contributed by atoms with van der Waals surface area (Å²) in [5.74, 6) is 2.31. The first-order valence-corrected chi connectivity index (χ1v) is 11.3. The normalized spacial score (nSPS) is 10.8. The number of fused-ring (bicyclic) bond motifs is 1. The number of aromatic nitrogens is 2. The van der Waals surface area contributed by atoms with Crippen molar-refractivity contribution in [3.8, 4) is 11.5 Å². The van der Waals surface area contributed by atoms with Gasteiger partial charge in [0.1, 0.15) is 23.9 Å². The molecule has 0 aliphatic heterocycles. The maximum Gasteiger partial charge on any atom is 0.251 e. The molecule has 1 aromatic heterocycles. The van der Waals surface area contributed by atoms with Crippen molar-refractivity contribution in [3.63, 3.8) is 0 Å². The summed E-state index contributed by atoms with van der Waals surface area (Å²) in [6, 6.07) is 22.6. The molecule has 7 heteroatoms. The highest BCUT2D eigenvalue weighted by atomic mass is 35.5. The highest BCUT2D eigenvalue weighted by molar-refractivity contribution is 6.30. The number of methoxy groups -OCH3 is 1. The Kier molecular flexibility index (Phi) is 7.47. The SMILES string of the molecule is COc1cccc(C(=O)NCCCc2nc3ccccc3n2CCOc2ccc(Cl)cc2)c1. The summed E-state index contributed by atoms with van der Waals surface area (Å²) < 4.78 is 13.3. The van der Waals surface area contributed by atoms with Gasteiger partial charge in [-0.1, -0.05) is 29.8 Å². The van der Waals surface area contributed by atoms with Gasteiger partial charge in [-0.15, -0.1) is 0 Å². The Labute approximate surface area is 198 Å². The monoisotopic (exact) mass is 463 g/mol. The lowest BCUT2D eigenvalue weighted by Crippen LogP contribution is -2.25. The zero-order valence-corrected chi connectivity index (χ0v) is 19.2. The van der Waals surface area contributed by atoms with Crippen LogP contribution in [0, 0.1) is 0 Å². The number of hydrogen-bond donors (Lipinski definition) is 1. The van der Waals surface area contributed by atoms with E-state index in [0.29, 0.717) is 36.0 Å². The van der Waals surface area contributed by atoms with E-state index in [0.717, 1.165) is 35.4 Å². The zero-order valence-electron chi connectivity index (χ0n) is 18.5. The van der Waals surface area contributed by atoms with Gasteiger partial charge in [0.25, 0.3) is 5.91 Å². The number of aryl methyl sites for hydroxylation is 1. The van der Waals surface area contributed by atoms with Crippen LogP contribution in [0.3, 0.4) is 0 Å². The first kappa shape index (κ1) is 22.7. The number of carbonyl (C=O) groups excluding carboxylic acids is 1. The molecule has 0 atom stereocenters. The second-order valence-electron chi connectivity index (χ2n) is 7.56. The summed E-state index contributed by atoms with van der Waals surface area (Å²) in [6.45, 7) is 1.75. The number of hydrogen-bond acceptors (Lipinski definition) is 4. The molecule has 0 aliphatic carbocycles. The van der Waals surface area contributed by atoms with Crippen LogP contribution in [0.15, 0.2) is 72.8 Å². The number of carbonyl (C=O) groups is 1. The average molecular weight is 464 g/mol. The molecule has 0 fully saturated rings. The van der Waals surface area contributed by atoms with E-state index in [1.54, 1.807) is 19.2 Å². The average Bonchev–Trinajstić information content (AvgIpc) is 3.20. The fraction of sp³-hybridized carbons (Fsp3) is 0.231. The largest absolute Gasteiger partial charge is 0.497 e. The number of para-hydroxylation sites is 2. The molecule has 0 aliphatic rings. The molecule has 0 spiro atoms. The van der Waals surface area contributed by atoms with E-state index in [1.165, 1.54) is 0 Å². The lowest BCUT2D eigenvalue weighted by Gasteiger charge is -2.11. The molecule has 0 saturated heterocycles. The van der Waals surface area contributed by atoms with Crippen molar-refractivity contribution in [1.29, 1.82) is 0 Å². The quantitative estimate of drug-likeness (QED) is 0.331. The molecule has 6 nitrogen and oxygen atoms in total. The Morgan fingerprint density at radius 3 is 2.67 bits per heavy atom. The fourth-order valence-electron chi connectivity index (χ4n) is 3.67. The predicted octanol–water partition coefficient (Wildman–Crippen LogP) is 5.14. The predicted molar refractivity (Wildman–Crippen MR) is 130 cm³/mol. The van der Waals surface area contributed by atoms with Crippen LogP contribution in [0.4, 0.5) is 0 Å². The van der Waals surface area contributed by atoms with Crippen LogP contribution >= 0.6 is 11.6 Å². The number of nitrogens with zero attached hydrogens (tertiary/aromatic N) is 2. The lowest BCUT2D eigenvalue weighted by molar-refractivity contribution is 0.0953. The van der Waals surface area contributed by atoms with Crippen LogP contribution in [0.2, 0.25) is 5.02 Å². The minimum atomic E-state index is -0.112. The van der Waals surface area contributed by atoms with Crippen molar-refractivity contribution in [1.82, 2.24) is 14.9 Å². The van der Waals surface area contributed by atoms with Crippen LogP contribution in [0.25, 0.3) is 11.0 Å².